The van der Waals surface area contributed by atoms with Crippen LogP contribution in [0.3, 0.4) is 0 Å². The van der Waals surface area contributed by atoms with E-state index in [9.17, 15) is 14.3 Å². The number of carbonyl (C=O) groups is 1. The van der Waals surface area contributed by atoms with Gasteiger partial charge in [0.25, 0.3) is 0 Å². The van der Waals surface area contributed by atoms with Gasteiger partial charge in [-0.05, 0) is 38.1 Å². The molecular formula is C22H24FN5O4S. The van der Waals surface area contributed by atoms with E-state index >= 15 is 0 Å². The highest BCUT2D eigenvalue weighted by Crippen LogP contribution is 2.43. The number of hydrogen-bond acceptors (Lipinski definition) is 8. The van der Waals surface area contributed by atoms with Gasteiger partial charge in [-0.15, -0.1) is 0 Å². The van der Waals surface area contributed by atoms with Gasteiger partial charge in [0.15, 0.2) is 16.7 Å². The summed E-state index contributed by atoms with van der Waals surface area (Å²) in [6.45, 7) is 4.28. The van der Waals surface area contributed by atoms with Crippen molar-refractivity contribution in [2.45, 2.75) is 37.9 Å². The quantitative estimate of drug-likeness (QED) is 0.521. The highest BCUT2D eigenvalue weighted by atomic mass is 32.1. The highest BCUT2D eigenvalue weighted by Gasteiger charge is 2.42. The Kier molecular flexibility index (Phi) is 5.55. The summed E-state index contributed by atoms with van der Waals surface area (Å²) in [7, 11) is 0. The van der Waals surface area contributed by atoms with Crippen LogP contribution in [-0.4, -0.2) is 52.7 Å². The Bertz CT molecular complexity index is 1160. The van der Waals surface area contributed by atoms with Crippen LogP contribution in [-0.2, 0) is 11.2 Å². The molecule has 2 aromatic heterocycles. The fourth-order valence-electron chi connectivity index (χ4n) is 4.10. The van der Waals surface area contributed by atoms with E-state index in [1.807, 2.05) is 6.07 Å². The molecule has 174 valence electrons. The molecule has 0 radical (unpaired) electrons. The molecule has 3 aromatic rings. The maximum absolute atomic E-state index is 13.3. The van der Waals surface area contributed by atoms with E-state index in [0.29, 0.717) is 36.3 Å². The number of amides is 2. The molecule has 2 aliphatic heterocycles. The average molecular weight is 474 g/mol. The van der Waals surface area contributed by atoms with Crippen LogP contribution in [0.4, 0.5) is 20.1 Å². The number of halogens is 1. The van der Waals surface area contributed by atoms with Crippen LogP contribution in [0.15, 0.2) is 34.9 Å². The fraction of sp³-hybridized carbons (Fsp3) is 0.409. The number of rotatable bonds is 5. The Morgan fingerprint density at radius 2 is 2.12 bits per heavy atom. The molecule has 2 amide bonds. The van der Waals surface area contributed by atoms with Crippen LogP contribution in [0.5, 0.6) is 0 Å². The minimum atomic E-state index is -0.739. The monoisotopic (exact) mass is 473 g/mol. The molecule has 2 aliphatic rings. The zero-order valence-corrected chi connectivity index (χ0v) is 19.0. The number of benzene rings is 1. The second-order valence-electron chi connectivity index (χ2n) is 8.83. The molecule has 0 saturated carbocycles. The molecule has 11 heteroatoms. The minimum Gasteiger partial charge on any atom is -0.394 e. The molecule has 0 aliphatic carbocycles. The van der Waals surface area contributed by atoms with Gasteiger partial charge in [-0.3, -0.25) is 5.32 Å². The molecule has 1 aromatic carbocycles. The van der Waals surface area contributed by atoms with Gasteiger partial charge in [0.1, 0.15) is 5.82 Å². The van der Waals surface area contributed by atoms with E-state index in [2.05, 4.69) is 25.7 Å². The number of aliphatic hydroxyl groups is 1. The number of anilines is 2. The molecule has 9 nitrogen and oxygen atoms in total. The summed E-state index contributed by atoms with van der Waals surface area (Å²) in [6, 6.07) is 7.44. The largest absolute Gasteiger partial charge is 0.394 e. The molecule has 0 unspecified atom stereocenters. The van der Waals surface area contributed by atoms with Crippen molar-refractivity contribution in [1.29, 1.82) is 0 Å². The number of nitrogens with zero attached hydrogens (tertiary/aromatic N) is 3. The van der Waals surface area contributed by atoms with Crippen molar-refractivity contribution in [2.24, 2.45) is 0 Å². The van der Waals surface area contributed by atoms with Gasteiger partial charge in [-0.2, -0.15) is 0 Å². The molecule has 33 heavy (non-hydrogen) atoms. The molecule has 4 heterocycles. The number of fused-ring (bicyclic) bond motifs is 4. The number of nitrogens with one attached hydrogen (secondary N) is 2. The first-order chi connectivity index (χ1) is 15.8. The van der Waals surface area contributed by atoms with Crippen molar-refractivity contribution >= 4 is 28.3 Å². The molecule has 2 atom stereocenters. The Morgan fingerprint density at radius 1 is 1.33 bits per heavy atom. The third-order valence-corrected chi connectivity index (χ3v) is 6.85. The standard InChI is InChI=1S/C22H24FN5O4S/c1-22(2,11-29)26-20(30)25-21-24-15-7-14-9-31-10-16(19(15)33-21)28(14)18-8-17(32-27-18)12-3-5-13(23)6-4-12/h3-6,8,14,16,29H,7,9-11H2,1-2H3,(H2,24,25,26,30)/t14-,16-/m0/s1. The maximum Gasteiger partial charge on any atom is 0.321 e. The van der Waals surface area contributed by atoms with E-state index in [1.54, 1.807) is 26.0 Å². The van der Waals surface area contributed by atoms with Crippen molar-refractivity contribution in [2.75, 3.05) is 30.0 Å². The average Bonchev–Trinajstić information content (AvgIpc) is 3.40. The summed E-state index contributed by atoms with van der Waals surface area (Å²) in [5, 5.41) is 19.6. The molecule has 3 N–H and O–H groups in total. The van der Waals surface area contributed by atoms with E-state index in [0.717, 1.165) is 16.1 Å². The summed E-state index contributed by atoms with van der Waals surface area (Å²) in [4.78, 5) is 20.2. The maximum atomic E-state index is 13.3. The molecule has 1 saturated heterocycles. The van der Waals surface area contributed by atoms with Crippen molar-refractivity contribution < 1.29 is 23.6 Å². The zero-order chi connectivity index (χ0) is 23.2. The number of thiazole rings is 1. The lowest BCUT2D eigenvalue weighted by Gasteiger charge is -2.44. The Morgan fingerprint density at radius 3 is 2.88 bits per heavy atom. The predicted octanol–water partition coefficient (Wildman–Crippen LogP) is 3.33. The van der Waals surface area contributed by atoms with Crippen molar-refractivity contribution in [1.82, 2.24) is 15.5 Å². The van der Waals surface area contributed by atoms with E-state index < -0.39 is 11.6 Å². The van der Waals surface area contributed by atoms with Crippen LogP contribution < -0.4 is 15.5 Å². The van der Waals surface area contributed by atoms with Crippen LogP contribution in [0.2, 0.25) is 0 Å². The van der Waals surface area contributed by atoms with Crippen LogP contribution in [0.1, 0.15) is 30.5 Å². The van der Waals surface area contributed by atoms with E-state index in [-0.39, 0.29) is 24.5 Å². The van der Waals surface area contributed by atoms with E-state index in [1.165, 1.54) is 23.5 Å². The number of hydrogen-bond donors (Lipinski definition) is 3. The predicted molar refractivity (Wildman–Crippen MR) is 121 cm³/mol. The van der Waals surface area contributed by atoms with Gasteiger partial charge in [-0.25, -0.2) is 14.2 Å². The molecular weight excluding hydrogens is 449 g/mol. The number of urea groups is 1. The van der Waals surface area contributed by atoms with Crippen LogP contribution in [0, 0.1) is 5.82 Å². The summed E-state index contributed by atoms with van der Waals surface area (Å²) < 4.78 is 24.7. The third-order valence-electron chi connectivity index (χ3n) is 5.73. The molecule has 2 bridgehead atoms. The van der Waals surface area contributed by atoms with Crippen molar-refractivity contribution in [3.05, 3.63) is 46.7 Å². The Hall–Kier alpha value is -3.02. The second-order valence-corrected chi connectivity index (χ2v) is 9.86. The fourth-order valence-corrected chi connectivity index (χ4v) is 5.17. The molecule has 5 rings (SSSR count). The van der Waals surface area contributed by atoms with Gasteiger partial charge in [0, 0.05) is 18.1 Å². The zero-order valence-electron chi connectivity index (χ0n) is 18.2. The number of morpholine rings is 1. The van der Waals surface area contributed by atoms with Gasteiger partial charge < -0.3 is 24.6 Å². The number of aliphatic hydroxyl groups excluding tert-OH is 1. The topological polar surface area (TPSA) is 113 Å². The minimum absolute atomic E-state index is 0.0273. The smallest absolute Gasteiger partial charge is 0.321 e. The first-order valence-corrected chi connectivity index (χ1v) is 11.4. The summed E-state index contributed by atoms with van der Waals surface area (Å²) in [5.41, 5.74) is 0.945. The first kappa shape index (κ1) is 21.8. The van der Waals surface area contributed by atoms with Crippen molar-refractivity contribution in [3.8, 4) is 11.3 Å². The number of carbonyl (C=O) groups excluding carboxylic acids is 1. The number of aromatic nitrogens is 2. The summed E-state index contributed by atoms with van der Waals surface area (Å²) >= 11 is 1.40. The van der Waals surface area contributed by atoms with Gasteiger partial charge in [0.05, 0.1) is 48.0 Å². The second kappa shape index (κ2) is 8.40. The van der Waals surface area contributed by atoms with Gasteiger partial charge in [-0.1, -0.05) is 16.5 Å². The first-order valence-electron chi connectivity index (χ1n) is 10.6. The van der Waals surface area contributed by atoms with Gasteiger partial charge in [0.2, 0.25) is 0 Å². The SMILES string of the molecule is CC(C)(CO)NC(=O)Nc1nc2c(s1)[C@@H]1COC[C@H](C2)N1c1cc(-c2ccc(F)cc2)on1. The molecule has 0 spiro atoms. The Labute approximate surface area is 193 Å². The lowest BCUT2D eigenvalue weighted by molar-refractivity contribution is 0.0601. The van der Waals surface area contributed by atoms with E-state index in [4.69, 9.17) is 9.26 Å². The van der Waals surface area contributed by atoms with Crippen molar-refractivity contribution in [3.63, 3.8) is 0 Å². The van der Waals surface area contributed by atoms with Crippen LogP contribution in [0.25, 0.3) is 11.3 Å². The number of ether oxygens (including phenoxy) is 1. The lowest BCUT2D eigenvalue weighted by Crippen LogP contribution is -2.51. The third kappa shape index (κ3) is 4.31. The van der Waals surface area contributed by atoms with Gasteiger partial charge >= 0.3 is 6.03 Å². The Balaban J connectivity index is 1.38. The molecule has 1 fully saturated rings. The highest BCUT2D eigenvalue weighted by molar-refractivity contribution is 7.16. The van der Waals surface area contributed by atoms with Crippen LogP contribution >= 0.6 is 11.3 Å². The summed E-state index contributed by atoms with van der Waals surface area (Å²) in [5.74, 6) is 0.935. The normalized spacial score (nSPS) is 19.8. The summed E-state index contributed by atoms with van der Waals surface area (Å²) in [6.07, 6.45) is 0.645. The lowest BCUT2D eigenvalue weighted by atomic mass is 9.96.